The molecule has 7 nitrogen and oxygen atoms in total. The van der Waals surface area contributed by atoms with E-state index in [2.05, 4.69) is 35.9 Å². The second kappa shape index (κ2) is 7.86. The summed E-state index contributed by atoms with van der Waals surface area (Å²) >= 11 is 1.64. The van der Waals surface area contributed by atoms with Crippen molar-refractivity contribution in [2.24, 2.45) is 10.7 Å². The highest BCUT2D eigenvalue weighted by atomic mass is 32.1. The van der Waals surface area contributed by atoms with E-state index in [1.807, 2.05) is 35.8 Å². The van der Waals surface area contributed by atoms with Crippen LogP contribution in [0.5, 0.6) is 0 Å². The number of benzene rings is 1. The first-order valence-corrected chi connectivity index (χ1v) is 10.3. The molecule has 2 aromatic heterocycles. The first-order chi connectivity index (χ1) is 14.4. The van der Waals surface area contributed by atoms with Gasteiger partial charge >= 0.3 is 5.97 Å². The van der Waals surface area contributed by atoms with Gasteiger partial charge in [-0.25, -0.2) is 0 Å². The Morgan fingerprint density at radius 3 is 2.63 bits per heavy atom. The molecular formula is C22H21N5O2S. The molecule has 1 aliphatic heterocycles. The minimum Gasteiger partial charge on any atom is -0.481 e. The fourth-order valence-corrected chi connectivity index (χ4v) is 4.77. The largest absolute Gasteiger partial charge is 0.481 e. The first-order valence-electron chi connectivity index (χ1n) is 9.52. The fraction of sp³-hybridized carbons (Fsp3) is 0.273. The third kappa shape index (κ3) is 3.43. The maximum absolute atomic E-state index is 11.6. The zero-order valence-electron chi connectivity index (χ0n) is 16.9. The number of carboxylic acids is 1. The number of aliphatic carboxylic acids is 1. The van der Waals surface area contributed by atoms with Gasteiger partial charge in [0.2, 0.25) is 0 Å². The Morgan fingerprint density at radius 1 is 1.23 bits per heavy atom. The fourth-order valence-electron chi connectivity index (χ4n) is 3.55. The summed E-state index contributed by atoms with van der Waals surface area (Å²) in [6, 6.07) is 7.16. The van der Waals surface area contributed by atoms with E-state index in [4.69, 9.17) is 10.7 Å². The van der Waals surface area contributed by atoms with Crippen LogP contribution in [0.4, 0.5) is 0 Å². The second-order valence-electron chi connectivity index (χ2n) is 7.08. The first kappa shape index (κ1) is 20.0. The highest BCUT2D eigenvalue weighted by molar-refractivity contribution is 7.15. The number of rotatable bonds is 3. The summed E-state index contributed by atoms with van der Waals surface area (Å²) in [5.41, 5.74) is 10.1. The summed E-state index contributed by atoms with van der Waals surface area (Å²) in [5.74, 6) is 6.21. The van der Waals surface area contributed by atoms with Crippen LogP contribution in [-0.2, 0) is 4.79 Å². The molecule has 0 radical (unpaired) electrons. The SMILES string of the molecule is Cc1sc2c(c1C)C(c1ccc(C#CCN)cc1)=N[C@@H](CC(=O)O)c1nnc(C)n1-2. The van der Waals surface area contributed by atoms with Crippen LogP contribution in [-0.4, -0.2) is 38.1 Å². The Hall–Kier alpha value is -3.28. The van der Waals surface area contributed by atoms with E-state index < -0.39 is 12.0 Å². The molecule has 0 spiro atoms. The number of thiophene rings is 1. The molecule has 3 N–H and O–H groups in total. The number of aryl methyl sites for hydroxylation is 2. The van der Waals surface area contributed by atoms with Crippen LogP contribution in [0.1, 0.15) is 51.2 Å². The van der Waals surface area contributed by atoms with Crippen molar-refractivity contribution in [2.75, 3.05) is 6.54 Å². The van der Waals surface area contributed by atoms with Crippen molar-refractivity contribution >= 4 is 23.0 Å². The summed E-state index contributed by atoms with van der Waals surface area (Å²) in [5, 5.41) is 18.9. The second-order valence-corrected chi connectivity index (χ2v) is 8.28. The number of carbonyl (C=O) groups is 1. The summed E-state index contributed by atoms with van der Waals surface area (Å²) in [4.78, 5) is 17.7. The maximum Gasteiger partial charge on any atom is 0.306 e. The van der Waals surface area contributed by atoms with Gasteiger partial charge in [-0.1, -0.05) is 24.0 Å². The Balaban J connectivity index is 1.94. The predicted molar refractivity (Wildman–Crippen MR) is 116 cm³/mol. The van der Waals surface area contributed by atoms with Gasteiger partial charge in [0, 0.05) is 21.6 Å². The molecule has 0 bridgehead atoms. The van der Waals surface area contributed by atoms with Gasteiger partial charge in [0.1, 0.15) is 16.9 Å². The topological polar surface area (TPSA) is 106 Å². The van der Waals surface area contributed by atoms with Gasteiger partial charge in [-0.15, -0.1) is 21.5 Å². The Morgan fingerprint density at radius 2 is 1.97 bits per heavy atom. The Kier molecular flexibility index (Phi) is 5.24. The number of aliphatic imine (C=N–C) groups is 1. The summed E-state index contributed by atoms with van der Waals surface area (Å²) in [7, 11) is 0. The zero-order chi connectivity index (χ0) is 21.4. The van der Waals surface area contributed by atoms with Crippen molar-refractivity contribution in [1.82, 2.24) is 14.8 Å². The molecule has 0 unspecified atom stereocenters. The van der Waals surface area contributed by atoms with E-state index >= 15 is 0 Å². The lowest BCUT2D eigenvalue weighted by atomic mass is 9.98. The molecule has 3 aromatic rings. The molecular weight excluding hydrogens is 398 g/mol. The zero-order valence-corrected chi connectivity index (χ0v) is 17.7. The number of fused-ring (bicyclic) bond motifs is 3. The standard InChI is InChI=1S/C22H21N5O2S/c1-12-13(2)30-22-19(12)20(16-8-6-15(7-9-16)5-4-10-23)24-17(11-18(28)29)21-26-25-14(3)27(21)22/h6-9,17H,10-11,23H2,1-3H3,(H,28,29)/t17-/m0/s1. The maximum atomic E-state index is 11.6. The third-order valence-corrected chi connectivity index (χ3v) is 6.29. The summed E-state index contributed by atoms with van der Waals surface area (Å²) in [6.07, 6.45) is -0.158. The Bertz CT molecular complexity index is 1220. The van der Waals surface area contributed by atoms with Gasteiger partial charge in [0.15, 0.2) is 5.82 Å². The van der Waals surface area contributed by atoms with Crippen molar-refractivity contribution < 1.29 is 9.90 Å². The van der Waals surface area contributed by atoms with Crippen molar-refractivity contribution in [1.29, 1.82) is 0 Å². The summed E-state index contributed by atoms with van der Waals surface area (Å²) < 4.78 is 1.95. The molecule has 0 saturated heterocycles. The molecule has 0 saturated carbocycles. The normalized spacial score (nSPS) is 14.8. The minimum absolute atomic E-state index is 0.158. The number of hydrogen-bond donors (Lipinski definition) is 2. The number of nitrogens with two attached hydrogens (primary N) is 1. The van der Waals surface area contributed by atoms with Crippen LogP contribution in [0.15, 0.2) is 29.3 Å². The average Bonchev–Trinajstić information content (AvgIpc) is 3.19. The molecule has 1 aliphatic rings. The van der Waals surface area contributed by atoms with Gasteiger partial charge in [-0.2, -0.15) is 0 Å². The van der Waals surface area contributed by atoms with Crippen LogP contribution in [0, 0.1) is 32.6 Å². The smallest absolute Gasteiger partial charge is 0.306 e. The van der Waals surface area contributed by atoms with E-state index in [1.54, 1.807) is 11.3 Å². The number of aromatic nitrogens is 3. The highest BCUT2D eigenvalue weighted by Gasteiger charge is 2.32. The minimum atomic E-state index is -0.930. The number of carboxylic acid groups (broad SMARTS) is 1. The number of nitrogens with zero attached hydrogens (tertiary/aromatic N) is 4. The van der Waals surface area contributed by atoms with Gasteiger partial charge < -0.3 is 10.8 Å². The highest BCUT2D eigenvalue weighted by Crippen LogP contribution is 2.39. The van der Waals surface area contributed by atoms with Gasteiger partial charge in [0.25, 0.3) is 0 Å². The lowest BCUT2D eigenvalue weighted by molar-refractivity contribution is -0.137. The van der Waals surface area contributed by atoms with E-state index in [1.165, 1.54) is 4.88 Å². The van der Waals surface area contributed by atoms with E-state index in [0.717, 1.165) is 33.0 Å². The quantitative estimate of drug-likeness (QED) is 0.635. The van der Waals surface area contributed by atoms with Gasteiger partial charge in [-0.3, -0.25) is 14.4 Å². The van der Waals surface area contributed by atoms with Gasteiger partial charge in [0.05, 0.1) is 18.7 Å². The van der Waals surface area contributed by atoms with Crippen molar-refractivity contribution in [3.05, 3.63) is 63.0 Å². The molecule has 30 heavy (non-hydrogen) atoms. The number of hydrogen-bond acceptors (Lipinski definition) is 6. The van der Waals surface area contributed by atoms with Gasteiger partial charge in [-0.05, 0) is 38.5 Å². The van der Waals surface area contributed by atoms with E-state index in [9.17, 15) is 9.90 Å². The lowest BCUT2D eigenvalue weighted by Gasteiger charge is -2.10. The Labute approximate surface area is 178 Å². The molecule has 0 fully saturated rings. The molecule has 152 valence electrons. The third-order valence-electron chi connectivity index (χ3n) is 5.10. The van der Waals surface area contributed by atoms with Crippen molar-refractivity contribution in [3.63, 3.8) is 0 Å². The van der Waals surface area contributed by atoms with Crippen LogP contribution in [0.2, 0.25) is 0 Å². The molecule has 8 heteroatoms. The van der Waals surface area contributed by atoms with E-state index in [-0.39, 0.29) is 6.42 Å². The van der Waals surface area contributed by atoms with E-state index in [0.29, 0.717) is 18.2 Å². The van der Waals surface area contributed by atoms with Crippen molar-refractivity contribution in [2.45, 2.75) is 33.2 Å². The molecule has 0 aliphatic carbocycles. The molecule has 0 amide bonds. The summed E-state index contributed by atoms with van der Waals surface area (Å²) in [6.45, 7) is 6.32. The van der Waals surface area contributed by atoms with Crippen molar-refractivity contribution in [3.8, 4) is 16.8 Å². The molecule has 4 rings (SSSR count). The van der Waals surface area contributed by atoms with Crippen LogP contribution in [0.25, 0.3) is 5.00 Å². The predicted octanol–water partition coefficient (Wildman–Crippen LogP) is 2.93. The molecule has 3 heterocycles. The van der Waals surface area contributed by atoms with Crippen LogP contribution in [0.3, 0.4) is 0 Å². The molecule has 1 atom stereocenters. The lowest BCUT2D eigenvalue weighted by Crippen LogP contribution is -2.10. The average molecular weight is 420 g/mol. The monoisotopic (exact) mass is 419 g/mol. The van der Waals surface area contributed by atoms with Crippen LogP contribution >= 0.6 is 11.3 Å². The molecule has 1 aromatic carbocycles. The van der Waals surface area contributed by atoms with Crippen LogP contribution < -0.4 is 5.73 Å².